The lowest BCUT2D eigenvalue weighted by Gasteiger charge is -2.53. The lowest BCUT2D eigenvalue weighted by molar-refractivity contribution is -0.142. The van der Waals surface area contributed by atoms with Crippen molar-refractivity contribution in [3.05, 3.63) is 46.6 Å². The molecule has 0 aliphatic heterocycles. The molecule has 5 heteroatoms. The van der Waals surface area contributed by atoms with E-state index in [0.29, 0.717) is 31.6 Å². The van der Waals surface area contributed by atoms with Crippen LogP contribution in [0, 0.1) is 17.3 Å². The van der Waals surface area contributed by atoms with Crippen molar-refractivity contribution >= 4 is 12.3 Å². The maximum absolute atomic E-state index is 11.8. The van der Waals surface area contributed by atoms with Crippen molar-refractivity contribution in [3.63, 3.8) is 0 Å². The zero-order valence-electron chi connectivity index (χ0n) is 24.6. The molecule has 1 rings (SSSR count). The predicted octanol–water partition coefficient (Wildman–Crippen LogP) is 7.04. The summed E-state index contributed by atoms with van der Waals surface area (Å²) in [6.45, 7) is 15.8. The molecule has 0 heterocycles. The molecule has 0 amide bonds. The highest BCUT2D eigenvalue weighted by molar-refractivity contribution is 5.74. The van der Waals surface area contributed by atoms with Gasteiger partial charge in [-0.15, -0.1) is 0 Å². The van der Waals surface area contributed by atoms with E-state index in [4.69, 9.17) is 4.74 Å². The summed E-state index contributed by atoms with van der Waals surface area (Å²) in [4.78, 5) is 23.4. The molecule has 0 saturated heterocycles. The van der Waals surface area contributed by atoms with Crippen molar-refractivity contribution in [1.82, 2.24) is 0 Å². The van der Waals surface area contributed by atoms with Crippen LogP contribution in [0.1, 0.15) is 107 Å². The van der Waals surface area contributed by atoms with Gasteiger partial charge in [0.15, 0.2) is 0 Å². The fourth-order valence-corrected chi connectivity index (χ4v) is 5.58. The third-order valence-electron chi connectivity index (χ3n) is 8.30. The Labute approximate surface area is 225 Å². The number of allylic oxidation sites excluding steroid dienone is 6. The second kappa shape index (κ2) is 15.4. The third kappa shape index (κ3) is 10.0. The number of hydrogen-bond acceptors (Lipinski definition) is 5. The minimum atomic E-state index is -0.891. The molecule has 1 fully saturated rings. The lowest BCUT2D eigenvalue weighted by Crippen LogP contribution is -2.52. The van der Waals surface area contributed by atoms with Gasteiger partial charge in [0.25, 0.3) is 0 Å². The molecular weight excluding hydrogens is 464 g/mol. The monoisotopic (exact) mass is 516 g/mol. The number of aliphatic hydroxyl groups excluding tert-OH is 1. The van der Waals surface area contributed by atoms with Crippen LogP contribution in [-0.2, 0) is 14.3 Å². The van der Waals surface area contributed by atoms with Crippen LogP contribution in [0.4, 0.5) is 0 Å². The molecule has 2 N–H and O–H groups in total. The summed E-state index contributed by atoms with van der Waals surface area (Å²) < 4.78 is 5.62. The molecule has 0 spiro atoms. The average molecular weight is 517 g/mol. The minimum Gasteiger partial charge on any atom is -0.454 e. The Morgan fingerprint density at radius 1 is 1.11 bits per heavy atom. The maximum atomic E-state index is 11.8. The zero-order chi connectivity index (χ0) is 28.2. The highest BCUT2D eigenvalue weighted by Gasteiger charge is 2.52. The van der Waals surface area contributed by atoms with E-state index in [1.807, 2.05) is 26.8 Å². The van der Waals surface area contributed by atoms with Crippen LogP contribution in [0.3, 0.4) is 0 Å². The molecule has 1 aliphatic carbocycles. The number of ether oxygens (including phenoxy) is 1. The van der Waals surface area contributed by atoms with Gasteiger partial charge in [0, 0.05) is 18.9 Å². The molecule has 5 nitrogen and oxygen atoms in total. The summed E-state index contributed by atoms with van der Waals surface area (Å²) >= 11 is 0. The fraction of sp³-hybridized carbons (Fsp3) is 0.688. The molecule has 37 heavy (non-hydrogen) atoms. The summed E-state index contributed by atoms with van der Waals surface area (Å²) in [6.07, 6.45) is 15.1. The van der Waals surface area contributed by atoms with Crippen LogP contribution in [0.25, 0.3) is 0 Å². The van der Waals surface area contributed by atoms with Gasteiger partial charge in [-0.05, 0) is 115 Å². The summed E-state index contributed by atoms with van der Waals surface area (Å²) in [7, 11) is 0. The van der Waals surface area contributed by atoms with Gasteiger partial charge in [0.2, 0.25) is 0 Å². The second-order valence-corrected chi connectivity index (χ2v) is 11.7. The van der Waals surface area contributed by atoms with Gasteiger partial charge in [-0.1, -0.05) is 43.2 Å². The molecule has 0 radical (unpaired) electrons. The first-order valence-corrected chi connectivity index (χ1v) is 13.9. The summed E-state index contributed by atoms with van der Waals surface area (Å²) in [5.41, 5.74) is 2.80. The normalized spacial score (nSPS) is 27.5. The number of esters is 1. The molecule has 0 aromatic carbocycles. The van der Waals surface area contributed by atoms with Gasteiger partial charge in [-0.2, -0.15) is 0 Å². The fourth-order valence-electron chi connectivity index (χ4n) is 5.58. The van der Waals surface area contributed by atoms with Gasteiger partial charge < -0.3 is 14.9 Å². The van der Waals surface area contributed by atoms with E-state index in [2.05, 4.69) is 45.9 Å². The first-order valence-electron chi connectivity index (χ1n) is 13.9. The number of rotatable bonds is 14. The molecule has 0 bridgehead atoms. The second-order valence-electron chi connectivity index (χ2n) is 11.7. The Morgan fingerprint density at radius 2 is 1.78 bits per heavy atom. The first kappa shape index (κ1) is 33.0. The highest BCUT2D eigenvalue weighted by Crippen LogP contribution is 2.55. The highest BCUT2D eigenvalue weighted by atomic mass is 16.5. The van der Waals surface area contributed by atoms with Crippen LogP contribution in [0.2, 0.25) is 0 Å². The number of aliphatic hydroxyl groups is 2. The van der Waals surface area contributed by atoms with E-state index in [0.717, 1.165) is 48.7 Å². The average Bonchev–Trinajstić information content (AvgIpc) is 2.81. The number of hydrogen-bond donors (Lipinski definition) is 2. The number of carbonyl (C=O) groups is 2. The van der Waals surface area contributed by atoms with Crippen molar-refractivity contribution in [3.8, 4) is 0 Å². The van der Waals surface area contributed by atoms with Crippen molar-refractivity contribution in [1.29, 1.82) is 0 Å². The topological polar surface area (TPSA) is 83.8 Å². The van der Waals surface area contributed by atoms with E-state index in [9.17, 15) is 19.8 Å². The van der Waals surface area contributed by atoms with Crippen molar-refractivity contribution in [2.75, 3.05) is 6.61 Å². The lowest BCUT2D eigenvalue weighted by atomic mass is 9.54. The Hall–Kier alpha value is -1.98. The van der Waals surface area contributed by atoms with Gasteiger partial charge >= 0.3 is 5.97 Å². The van der Waals surface area contributed by atoms with E-state index < -0.39 is 17.1 Å². The largest absolute Gasteiger partial charge is 0.454 e. The van der Waals surface area contributed by atoms with E-state index in [1.54, 1.807) is 0 Å². The molecule has 0 unspecified atom stereocenters. The van der Waals surface area contributed by atoms with E-state index in [1.165, 1.54) is 12.5 Å². The molecule has 0 aromatic rings. The van der Waals surface area contributed by atoms with Gasteiger partial charge in [0.1, 0.15) is 12.4 Å². The van der Waals surface area contributed by atoms with E-state index in [-0.39, 0.29) is 18.5 Å². The quantitative estimate of drug-likeness (QED) is 0.112. The first-order chi connectivity index (χ1) is 17.3. The SMILES string of the molecule is CC(=O)O[C@H](/C=C/[C@H](C)CCC=C(C)C)/C(C)=C/CC[C@@]1(C)[C@H](CCCO)/C(=C(\C)C=O)CC[C@]1(C)O. The Balaban J connectivity index is 3.11. The van der Waals surface area contributed by atoms with Crippen molar-refractivity contribution in [2.45, 2.75) is 118 Å². The molecular formula is C32H52O5. The molecule has 210 valence electrons. The summed E-state index contributed by atoms with van der Waals surface area (Å²) in [6, 6.07) is 0. The molecule has 5 atom stereocenters. The minimum absolute atomic E-state index is 0.0214. The smallest absolute Gasteiger partial charge is 0.303 e. The predicted molar refractivity (Wildman–Crippen MR) is 152 cm³/mol. The maximum Gasteiger partial charge on any atom is 0.303 e. The van der Waals surface area contributed by atoms with Crippen molar-refractivity contribution in [2.24, 2.45) is 17.3 Å². The van der Waals surface area contributed by atoms with Crippen molar-refractivity contribution < 1.29 is 24.5 Å². The van der Waals surface area contributed by atoms with Crippen LogP contribution in [0.5, 0.6) is 0 Å². The Morgan fingerprint density at radius 3 is 2.35 bits per heavy atom. The van der Waals surface area contributed by atoms with Crippen LogP contribution < -0.4 is 0 Å². The molecule has 1 aliphatic rings. The van der Waals surface area contributed by atoms with Gasteiger partial charge in [-0.25, -0.2) is 0 Å². The Kier molecular flexibility index (Phi) is 13.8. The number of aldehydes is 1. The number of carbonyl (C=O) groups excluding carboxylic acids is 2. The molecule has 1 saturated carbocycles. The zero-order valence-corrected chi connectivity index (χ0v) is 24.6. The summed E-state index contributed by atoms with van der Waals surface area (Å²) in [5, 5.41) is 21.0. The van der Waals surface area contributed by atoms with Crippen LogP contribution >= 0.6 is 0 Å². The van der Waals surface area contributed by atoms with Crippen LogP contribution in [0.15, 0.2) is 46.6 Å². The standard InChI is InChI=1S/C32H52O5/c1-23(2)12-9-13-24(3)16-17-30(37-27(6)35)25(4)14-10-19-31(7)29(15-11-21-33)28(26(5)22-34)18-20-32(31,8)36/h12,14,16-17,22,24,29-30,33,36H,9-11,13,15,18-21H2,1-8H3/b17-16+,25-14+,28-26+/t24-,29-,30-,31+,32+/m1/s1. The summed E-state index contributed by atoms with van der Waals surface area (Å²) in [5.74, 6) is 0.0781. The Bertz CT molecular complexity index is 872. The molecule has 0 aromatic heterocycles. The van der Waals surface area contributed by atoms with Gasteiger partial charge in [-0.3, -0.25) is 9.59 Å². The van der Waals surface area contributed by atoms with Crippen LogP contribution in [-0.4, -0.2) is 40.8 Å². The van der Waals surface area contributed by atoms with Gasteiger partial charge in [0.05, 0.1) is 5.60 Å². The third-order valence-corrected chi connectivity index (χ3v) is 8.30. The van der Waals surface area contributed by atoms with E-state index >= 15 is 0 Å².